The molecule has 0 bridgehead atoms. The van der Waals surface area contributed by atoms with Crippen LogP contribution in [0.3, 0.4) is 0 Å². The first-order chi connectivity index (χ1) is 8.47. The van der Waals surface area contributed by atoms with E-state index < -0.39 is 11.7 Å². The van der Waals surface area contributed by atoms with Gasteiger partial charge in [-0.3, -0.25) is 4.98 Å². The van der Waals surface area contributed by atoms with E-state index in [1.54, 1.807) is 6.07 Å². The topological polar surface area (TPSA) is 12.9 Å². The van der Waals surface area contributed by atoms with Gasteiger partial charge in [0.25, 0.3) is 0 Å². The Hall–Kier alpha value is -1.58. The molecule has 18 heavy (non-hydrogen) atoms. The van der Waals surface area contributed by atoms with Crippen molar-refractivity contribution in [1.29, 1.82) is 0 Å². The maximum atomic E-state index is 13.1. The number of aromatic nitrogens is 1. The number of hydrogen-bond donors (Lipinski definition) is 0. The van der Waals surface area contributed by atoms with Crippen molar-refractivity contribution >= 4 is 10.9 Å². The third kappa shape index (κ3) is 1.85. The van der Waals surface area contributed by atoms with Crippen molar-refractivity contribution in [1.82, 2.24) is 4.98 Å². The number of rotatable bonds is 1. The maximum Gasteiger partial charge on any atom is 0.418 e. The van der Waals surface area contributed by atoms with E-state index >= 15 is 0 Å². The Labute approximate surface area is 103 Å². The molecule has 4 heteroatoms. The first kappa shape index (κ1) is 11.5. The lowest BCUT2D eigenvalue weighted by Gasteiger charge is -2.13. The monoisotopic (exact) mass is 251 g/mol. The van der Waals surface area contributed by atoms with Gasteiger partial charge in [-0.05, 0) is 55.0 Å². The summed E-state index contributed by atoms with van der Waals surface area (Å²) < 4.78 is 39.2. The van der Waals surface area contributed by atoms with E-state index in [2.05, 4.69) is 4.98 Å². The molecule has 0 N–H and O–H groups in total. The van der Waals surface area contributed by atoms with Crippen LogP contribution in [0.4, 0.5) is 13.2 Å². The zero-order chi connectivity index (χ0) is 12.9. The van der Waals surface area contributed by atoms with Crippen molar-refractivity contribution < 1.29 is 13.2 Å². The molecule has 1 saturated carbocycles. The highest BCUT2D eigenvalue weighted by Gasteiger charge is 2.35. The average molecular weight is 251 g/mol. The molecule has 1 aromatic heterocycles. The summed E-state index contributed by atoms with van der Waals surface area (Å²) in [5, 5.41) is 0.620. The second-order valence-electron chi connectivity index (χ2n) is 4.86. The van der Waals surface area contributed by atoms with Crippen LogP contribution in [0.25, 0.3) is 10.9 Å². The molecule has 1 heterocycles. The van der Waals surface area contributed by atoms with E-state index in [1.165, 1.54) is 12.3 Å². The Kier molecular flexibility index (Phi) is 2.37. The molecule has 0 spiro atoms. The predicted molar refractivity (Wildman–Crippen MR) is 63.5 cm³/mol. The molecule has 0 amide bonds. The smallest absolute Gasteiger partial charge is 0.256 e. The second kappa shape index (κ2) is 3.70. The lowest BCUT2D eigenvalue weighted by Crippen LogP contribution is -2.08. The third-order valence-electron chi connectivity index (χ3n) is 3.44. The minimum Gasteiger partial charge on any atom is -0.256 e. The molecule has 0 atom stereocenters. The van der Waals surface area contributed by atoms with Crippen LogP contribution in [0, 0.1) is 6.92 Å². The average Bonchev–Trinajstić information content (AvgIpc) is 3.11. The molecule has 0 aliphatic heterocycles. The van der Waals surface area contributed by atoms with Gasteiger partial charge >= 0.3 is 6.18 Å². The Morgan fingerprint density at radius 2 is 1.94 bits per heavy atom. The van der Waals surface area contributed by atoms with E-state index in [0.717, 1.165) is 24.0 Å². The van der Waals surface area contributed by atoms with Crippen LogP contribution in [0.1, 0.15) is 35.4 Å². The molecule has 1 aliphatic rings. The minimum atomic E-state index is -4.34. The van der Waals surface area contributed by atoms with Gasteiger partial charge in [0.05, 0.1) is 11.1 Å². The highest BCUT2D eigenvalue weighted by molar-refractivity contribution is 5.86. The van der Waals surface area contributed by atoms with Gasteiger partial charge in [0.1, 0.15) is 0 Å². The van der Waals surface area contributed by atoms with Crippen molar-refractivity contribution in [2.45, 2.75) is 31.9 Å². The summed E-state index contributed by atoms with van der Waals surface area (Å²) in [4.78, 5) is 3.91. The fraction of sp³-hybridized carbons (Fsp3) is 0.357. The van der Waals surface area contributed by atoms with E-state index in [4.69, 9.17) is 0 Å². The van der Waals surface area contributed by atoms with E-state index in [1.807, 2.05) is 13.0 Å². The quantitative estimate of drug-likeness (QED) is 0.730. The van der Waals surface area contributed by atoms with Crippen LogP contribution in [0.2, 0.25) is 0 Å². The molecule has 2 aromatic rings. The van der Waals surface area contributed by atoms with Gasteiger partial charge in [-0.1, -0.05) is 0 Å². The predicted octanol–water partition coefficient (Wildman–Crippen LogP) is 4.44. The Morgan fingerprint density at radius 3 is 2.56 bits per heavy atom. The first-order valence-electron chi connectivity index (χ1n) is 5.93. The van der Waals surface area contributed by atoms with E-state index in [9.17, 15) is 13.2 Å². The van der Waals surface area contributed by atoms with Crippen LogP contribution in [-0.4, -0.2) is 4.98 Å². The van der Waals surface area contributed by atoms with Gasteiger partial charge in [-0.2, -0.15) is 13.2 Å². The molecule has 3 rings (SSSR count). The van der Waals surface area contributed by atoms with Crippen LogP contribution in [-0.2, 0) is 6.18 Å². The van der Waals surface area contributed by atoms with Gasteiger partial charge in [0.15, 0.2) is 0 Å². The van der Waals surface area contributed by atoms with Crippen molar-refractivity contribution in [2.75, 3.05) is 0 Å². The molecular formula is C14H12F3N. The highest BCUT2D eigenvalue weighted by Crippen LogP contribution is 2.44. The highest BCUT2D eigenvalue weighted by atomic mass is 19.4. The number of aryl methyl sites for hydroxylation is 1. The van der Waals surface area contributed by atoms with Gasteiger partial charge in [-0.15, -0.1) is 0 Å². The van der Waals surface area contributed by atoms with E-state index in [0.29, 0.717) is 11.3 Å². The molecule has 1 aromatic carbocycles. The molecule has 0 unspecified atom stereocenters. The summed E-state index contributed by atoms with van der Waals surface area (Å²) in [6.45, 7) is 1.82. The number of pyridine rings is 1. The van der Waals surface area contributed by atoms with Crippen molar-refractivity contribution in [3.05, 3.63) is 41.1 Å². The van der Waals surface area contributed by atoms with E-state index in [-0.39, 0.29) is 5.52 Å². The number of halogens is 3. The molecule has 0 radical (unpaired) electrons. The summed E-state index contributed by atoms with van der Waals surface area (Å²) >= 11 is 0. The standard InChI is InChI=1S/C14H12F3N/c1-8-4-5-18-13-11(8)6-10(9-2-3-9)7-12(13)14(15,16)17/h4-7,9H,2-3H2,1H3. The number of benzene rings is 1. The fourth-order valence-corrected chi connectivity index (χ4v) is 2.28. The lowest BCUT2D eigenvalue weighted by atomic mass is 9.99. The molecule has 1 nitrogen and oxygen atoms in total. The minimum absolute atomic E-state index is 0.0619. The van der Waals surface area contributed by atoms with Crippen molar-refractivity contribution in [2.24, 2.45) is 0 Å². The SMILES string of the molecule is Cc1ccnc2c(C(F)(F)F)cc(C3CC3)cc12. The molecular weight excluding hydrogens is 239 g/mol. The van der Waals surface area contributed by atoms with Crippen LogP contribution in [0.15, 0.2) is 24.4 Å². The summed E-state index contributed by atoms with van der Waals surface area (Å²) in [5.74, 6) is 0.301. The van der Waals surface area contributed by atoms with Gasteiger partial charge in [0, 0.05) is 11.6 Å². The van der Waals surface area contributed by atoms with Gasteiger partial charge in [0.2, 0.25) is 0 Å². The van der Waals surface area contributed by atoms with Gasteiger partial charge < -0.3 is 0 Å². The van der Waals surface area contributed by atoms with Crippen LogP contribution < -0.4 is 0 Å². The van der Waals surface area contributed by atoms with Gasteiger partial charge in [-0.25, -0.2) is 0 Å². The summed E-state index contributed by atoms with van der Waals surface area (Å²) in [5.41, 5.74) is 1.09. The summed E-state index contributed by atoms with van der Waals surface area (Å²) in [7, 11) is 0. The normalized spacial score (nSPS) is 16.2. The largest absolute Gasteiger partial charge is 0.418 e. The maximum absolute atomic E-state index is 13.1. The Bertz CT molecular complexity index is 612. The fourth-order valence-electron chi connectivity index (χ4n) is 2.28. The third-order valence-corrected chi connectivity index (χ3v) is 3.44. The van der Waals surface area contributed by atoms with Crippen molar-refractivity contribution in [3.63, 3.8) is 0 Å². The molecule has 94 valence electrons. The Balaban J connectivity index is 2.34. The van der Waals surface area contributed by atoms with Crippen LogP contribution >= 0.6 is 0 Å². The lowest BCUT2D eigenvalue weighted by molar-refractivity contribution is -0.136. The molecule has 1 fully saturated rings. The second-order valence-corrected chi connectivity index (χ2v) is 4.86. The Morgan fingerprint density at radius 1 is 1.22 bits per heavy atom. The number of alkyl halides is 3. The zero-order valence-corrected chi connectivity index (χ0v) is 9.88. The first-order valence-corrected chi connectivity index (χ1v) is 5.93. The summed E-state index contributed by atoms with van der Waals surface area (Å²) in [6.07, 6.45) is -0.933. The number of nitrogens with zero attached hydrogens (tertiary/aromatic N) is 1. The van der Waals surface area contributed by atoms with Crippen molar-refractivity contribution in [3.8, 4) is 0 Å². The number of fused-ring (bicyclic) bond motifs is 1. The van der Waals surface area contributed by atoms with Crippen LogP contribution in [0.5, 0.6) is 0 Å². The molecule has 0 saturated heterocycles. The number of hydrogen-bond acceptors (Lipinski definition) is 1. The molecule has 1 aliphatic carbocycles. The zero-order valence-electron chi connectivity index (χ0n) is 9.88. The summed E-state index contributed by atoms with van der Waals surface area (Å²) in [6, 6.07) is 4.89.